The van der Waals surface area contributed by atoms with E-state index in [1.165, 1.54) is 6.21 Å². The molecular weight excluding hydrogens is 218 g/mol. The minimum atomic E-state index is -0.182. The van der Waals surface area contributed by atoms with E-state index in [1.807, 2.05) is 0 Å². The molecule has 1 aromatic heterocycles. The molecule has 0 saturated carbocycles. The molecule has 2 rings (SSSR count). The first kappa shape index (κ1) is 11.3. The second-order valence-electron chi connectivity index (χ2n) is 3.66. The molecule has 1 aliphatic heterocycles. The average Bonchev–Trinajstić information content (AvgIpc) is 2.67. The van der Waals surface area contributed by atoms with E-state index in [0.29, 0.717) is 34.9 Å². The van der Waals surface area contributed by atoms with Gasteiger partial charge in [-0.2, -0.15) is 0 Å². The van der Waals surface area contributed by atoms with Crippen LogP contribution in [0.5, 0.6) is 0 Å². The Bertz CT molecular complexity index is 521. The molecule has 3 N–H and O–H groups in total. The Hall–Kier alpha value is -2.24. The average molecular weight is 231 g/mol. The van der Waals surface area contributed by atoms with Crippen LogP contribution in [0.3, 0.4) is 0 Å². The highest BCUT2D eigenvalue weighted by molar-refractivity contribution is 6.13. The SMILES string of the molecule is CN/C=C(\C=N)c1nc(C)nc2c1C(=O)NC2. The summed E-state index contributed by atoms with van der Waals surface area (Å²) < 4.78 is 0. The Morgan fingerprint density at radius 3 is 2.94 bits per heavy atom. The van der Waals surface area contributed by atoms with Crippen molar-refractivity contribution in [2.24, 2.45) is 0 Å². The van der Waals surface area contributed by atoms with Crippen molar-refractivity contribution in [3.05, 3.63) is 29.0 Å². The maximum Gasteiger partial charge on any atom is 0.255 e. The number of allylic oxidation sites excluding steroid dienone is 1. The third-order valence-electron chi connectivity index (χ3n) is 2.47. The van der Waals surface area contributed by atoms with Crippen LogP contribution in [-0.2, 0) is 6.54 Å². The predicted octanol–water partition coefficient (Wildman–Crippen LogP) is 0.238. The lowest BCUT2D eigenvalue weighted by Gasteiger charge is -2.06. The summed E-state index contributed by atoms with van der Waals surface area (Å²) in [6, 6.07) is 0. The highest BCUT2D eigenvalue weighted by Crippen LogP contribution is 2.21. The quantitative estimate of drug-likeness (QED) is 0.650. The fraction of sp³-hybridized carbons (Fsp3) is 0.273. The number of amides is 1. The van der Waals surface area contributed by atoms with Crippen LogP contribution in [0.2, 0.25) is 0 Å². The molecule has 6 heteroatoms. The summed E-state index contributed by atoms with van der Waals surface area (Å²) in [6.45, 7) is 2.20. The van der Waals surface area contributed by atoms with Crippen LogP contribution in [0.4, 0.5) is 0 Å². The van der Waals surface area contributed by atoms with Crippen LogP contribution in [0.15, 0.2) is 6.20 Å². The number of aromatic nitrogens is 2. The van der Waals surface area contributed by atoms with Crippen LogP contribution in [0, 0.1) is 12.3 Å². The Balaban J connectivity index is 2.65. The number of aryl methyl sites for hydroxylation is 1. The van der Waals surface area contributed by atoms with E-state index in [0.717, 1.165) is 0 Å². The van der Waals surface area contributed by atoms with E-state index in [1.54, 1.807) is 20.2 Å². The molecule has 0 unspecified atom stereocenters. The molecule has 0 aliphatic carbocycles. The van der Waals surface area contributed by atoms with E-state index in [4.69, 9.17) is 5.41 Å². The third-order valence-corrected chi connectivity index (χ3v) is 2.47. The van der Waals surface area contributed by atoms with Gasteiger partial charge in [-0.3, -0.25) is 4.79 Å². The molecule has 88 valence electrons. The van der Waals surface area contributed by atoms with Crippen molar-refractivity contribution in [3.8, 4) is 0 Å². The van der Waals surface area contributed by atoms with Gasteiger partial charge in [0.25, 0.3) is 5.91 Å². The van der Waals surface area contributed by atoms with Crippen LogP contribution in [-0.4, -0.2) is 29.1 Å². The van der Waals surface area contributed by atoms with Gasteiger partial charge in [-0.25, -0.2) is 9.97 Å². The van der Waals surface area contributed by atoms with Crippen LogP contribution < -0.4 is 10.6 Å². The molecule has 0 fully saturated rings. The van der Waals surface area contributed by atoms with Gasteiger partial charge in [-0.15, -0.1) is 0 Å². The number of carbonyl (C=O) groups excluding carboxylic acids is 1. The molecule has 0 aromatic carbocycles. The molecule has 0 radical (unpaired) electrons. The predicted molar refractivity (Wildman–Crippen MR) is 63.8 cm³/mol. The van der Waals surface area contributed by atoms with Crippen molar-refractivity contribution in [1.29, 1.82) is 5.41 Å². The van der Waals surface area contributed by atoms with Gasteiger partial charge in [0.05, 0.1) is 23.5 Å². The molecule has 0 spiro atoms. The number of carbonyl (C=O) groups is 1. The van der Waals surface area contributed by atoms with Gasteiger partial charge in [0.1, 0.15) is 5.82 Å². The first-order valence-corrected chi connectivity index (χ1v) is 5.21. The Kier molecular flexibility index (Phi) is 2.86. The van der Waals surface area contributed by atoms with Crippen molar-refractivity contribution >= 4 is 17.7 Å². The molecule has 1 aromatic rings. The van der Waals surface area contributed by atoms with Crippen LogP contribution in [0.25, 0.3) is 5.57 Å². The molecular formula is C11H13N5O. The molecule has 0 bridgehead atoms. The lowest BCUT2D eigenvalue weighted by molar-refractivity contribution is 0.0965. The monoisotopic (exact) mass is 231 g/mol. The summed E-state index contributed by atoms with van der Waals surface area (Å²) in [5.74, 6) is 0.415. The van der Waals surface area contributed by atoms with Gasteiger partial charge >= 0.3 is 0 Å². The zero-order valence-electron chi connectivity index (χ0n) is 9.66. The van der Waals surface area contributed by atoms with Crippen LogP contribution >= 0.6 is 0 Å². The Morgan fingerprint density at radius 2 is 2.29 bits per heavy atom. The molecule has 2 heterocycles. The Morgan fingerprint density at radius 1 is 1.53 bits per heavy atom. The topological polar surface area (TPSA) is 90.8 Å². The first-order valence-electron chi connectivity index (χ1n) is 5.21. The van der Waals surface area contributed by atoms with E-state index >= 15 is 0 Å². The number of hydrogen-bond donors (Lipinski definition) is 3. The summed E-state index contributed by atoms with van der Waals surface area (Å²) in [5.41, 5.74) is 2.24. The summed E-state index contributed by atoms with van der Waals surface area (Å²) in [4.78, 5) is 20.2. The first-order chi connectivity index (χ1) is 8.17. The van der Waals surface area contributed by atoms with Gasteiger partial charge in [0, 0.05) is 25.0 Å². The Labute approximate surface area is 98.7 Å². The zero-order valence-corrected chi connectivity index (χ0v) is 9.66. The number of hydrogen-bond acceptors (Lipinski definition) is 5. The van der Waals surface area contributed by atoms with Crippen molar-refractivity contribution in [1.82, 2.24) is 20.6 Å². The van der Waals surface area contributed by atoms with Gasteiger partial charge in [0.15, 0.2) is 0 Å². The summed E-state index contributed by atoms with van der Waals surface area (Å²) in [5, 5.41) is 12.9. The van der Waals surface area contributed by atoms with E-state index in [-0.39, 0.29) is 5.91 Å². The number of rotatable bonds is 3. The fourth-order valence-corrected chi connectivity index (χ4v) is 1.79. The minimum absolute atomic E-state index is 0.182. The number of nitrogens with one attached hydrogen (secondary N) is 3. The van der Waals surface area contributed by atoms with E-state index in [2.05, 4.69) is 20.6 Å². The molecule has 17 heavy (non-hydrogen) atoms. The molecule has 0 saturated heterocycles. The lowest BCUT2D eigenvalue weighted by Crippen LogP contribution is -2.15. The van der Waals surface area contributed by atoms with Crippen molar-refractivity contribution in [2.75, 3.05) is 7.05 Å². The lowest BCUT2D eigenvalue weighted by atomic mass is 10.1. The highest BCUT2D eigenvalue weighted by Gasteiger charge is 2.26. The van der Waals surface area contributed by atoms with Crippen LogP contribution in [0.1, 0.15) is 27.6 Å². The maximum absolute atomic E-state index is 11.7. The van der Waals surface area contributed by atoms with E-state index < -0.39 is 0 Å². The second kappa shape index (κ2) is 4.32. The number of nitrogens with zero attached hydrogens (tertiary/aromatic N) is 2. The fourth-order valence-electron chi connectivity index (χ4n) is 1.79. The smallest absolute Gasteiger partial charge is 0.255 e. The largest absolute Gasteiger partial charge is 0.393 e. The molecule has 6 nitrogen and oxygen atoms in total. The normalized spacial score (nSPS) is 14.2. The van der Waals surface area contributed by atoms with Gasteiger partial charge in [-0.1, -0.05) is 0 Å². The van der Waals surface area contributed by atoms with E-state index in [9.17, 15) is 4.79 Å². The summed E-state index contributed by atoms with van der Waals surface area (Å²) in [6.07, 6.45) is 2.81. The maximum atomic E-state index is 11.7. The van der Waals surface area contributed by atoms with Crippen molar-refractivity contribution in [2.45, 2.75) is 13.5 Å². The van der Waals surface area contributed by atoms with Gasteiger partial charge in [-0.05, 0) is 6.92 Å². The van der Waals surface area contributed by atoms with Crippen molar-refractivity contribution in [3.63, 3.8) is 0 Å². The third kappa shape index (κ3) is 1.89. The zero-order chi connectivity index (χ0) is 12.4. The minimum Gasteiger partial charge on any atom is -0.393 e. The van der Waals surface area contributed by atoms with Crippen molar-refractivity contribution < 1.29 is 4.79 Å². The summed E-state index contributed by atoms with van der Waals surface area (Å²) >= 11 is 0. The van der Waals surface area contributed by atoms with Gasteiger partial charge in [0.2, 0.25) is 0 Å². The standard InChI is InChI=1S/C11H13N5O/c1-6-15-8-5-14-11(17)9(8)10(16-6)7(3-12)4-13-2/h3-4,12-13H,5H2,1-2H3,(H,14,17)/b7-4+,12-3?. The molecule has 1 aliphatic rings. The molecule has 1 amide bonds. The van der Waals surface area contributed by atoms with Gasteiger partial charge < -0.3 is 16.0 Å². The summed E-state index contributed by atoms with van der Waals surface area (Å²) in [7, 11) is 1.73. The number of fused-ring (bicyclic) bond motifs is 1. The second-order valence-corrected chi connectivity index (χ2v) is 3.66. The molecule has 0 atom stereocenters. The highest BCUT2D eigenvalue weighted by atomic mass is 16.1.